The predicted octanol–water partition coefficient (Wildman–Crippen LogP) is 4.83. The van der Waals surface area contributed by atoms with Gasteiger partial charge >= 0.3 is 0 Å². The lowest BCUT2D eigenvalue weighted by atomic mass is 10.1. The van der Waals surface area contributed by atoms with Gasteiger partial charge in [0.15, 0.2) is 5.11 Å². The molecule has 2 heterocycles. The molecule has 1 N–H and O–H groups in total. The first-order valence-electron chi connectivity index (χ1n) is 8.96. The summed E-state index contributed by atoms with van der Waals surface area (Å²) in [6.07, 6.45) is 3.10. The van der Waals surface area contributed by atoms with Gasteiger partial charge in [0.25, 0.3) is 11.8 Å². The third-order valence-corrected chi connectivity index (χ3v) is 5.95. The maximum atomic E-state index is 13.2. The number of nitrogens with zero attached hydrogens (tertiary/aromatic N) is 3. The van der Waals surface area contributed by atoms with Crippen LogP contribution in [0.2, 0.25) is 10.0 Å². The number of aromatic nitrogens is 2. The molecule has 1 aliphatic rings. The summed E-state index contributed by atoms with van der Waals surface area (Å²) in [6, 6.07) is 13.9. The van der Waals surface area contributed by atoms with E-state index in [1.807, 2.05) is 12.1 Å². The van der Waals surface area contributed by atoms with Crippen LogP contribution in [0.5, 0.6) is 0 Å². The van der Waals surface area contributed by atoms with E-state index in [1.165, 1.54) is 11.0 Å². The van der Waals surface area contributed by atoms with Gasteiger partial charge in [-0.2, -0.15) is 5.10 Å². The second-order valence-electron chi connectivity index (χ2n) is 6.60. The smallest absolute Gasteiger partial charge is 0.270 e. The van der Waals surface area contributed by atoms with Gasteiger partial charge in [-0.3, -0.25) is 24.5 Å². The molecule has 0 atom stereocenters. The minimum atomic E-state index is -0.577. The molecule has 0 unspecified atom stereocenters. The molecule has 1 aromatic heterocycles. The number of rotatable bonds is 4. The Balaban J connectivity index is 1.70. The van der Waals surface area contributed by atoms with Crippen molar-refractivity contribution in [1.82, 2.24) is 15.1 Å². The van der Waals surface area contributed by atoms with E-state index in [0.717, 1.165) is 5.56 Å². The van der Waals surface area contributed by atoms with Crippen molar-refractivity contribution in [3.05, 3.63) is 86.1 Å². The van der Waals surface area contributed by atoms with Crippen LogP contribution in [-0.2, 0) is 16.1 Å². The summed E-state index contributed by atoms with van der Waals surface area (Å²) in [7, 11) is 0. The minimum Gasteiger partial charge on any atom is -0.298 e. The largest absolute Gasteiger partial charge is 0.298 e. The topological polar surface area (TPSA) is 67.2 Å². The summed E-state index contributed by atoms with van der Waals surface area (Å²) in [5.41, 5.74) is 1.96. The molecule has 31 heavy (non-hydrogen) atoms. The number of hydrogen-bond donors (Lipinski definition) is 1. The highest BCUT2D eigenvalue weighted by molar-refractivity contribution is 9.10. The molecule has 0 bridgehead atoms. The molecular formula is C21H13BrCl2N4O2S. The average molecular weight is 536 g/mol. The maximum absolute atomic E-state index is 13.2. The van der Waals surface area contributed by atoms with Gasteiger partial charge in [0.05, 0.1) is 28.6 Å². The summed E-state index contributed by atoms with van der Waals surface area (Å²) in [4.78, 5) is 27.0. The van der Waals surface area contributed by atoms with Crippen molar-refractivity contribution in [3.63, 3.8) is 0 Å². The highest BCUT2D eigenvalue weighted by atomic mass is 79.9. The van der Waals surface area contributed by atoms with E-state index in [1.54, 1.807) is 47.3 Å². The Morgan fingerprint density at radius 3 is 2.29 bits per heavy atom. The Morgan fingerprint density at radius 2 is 1.65 bits per heavy atom. The Bertz CT molecular complexity index is 1220. The highest BCUT2D eigenvalue weighted by Crippen LogP contribution is 2.26. The lowest BCUT2D eigenvalue weighted by Crippen LogP contribution is -2.54. The first-order valence-corrected chi connectivity index (χ1v) is 10.9. The number of nitrogens with one attached hydrogen (secondary N) is 1. The van der Waals surface area contributed by atoms with Crippen LogP contribution < -0.4 is 10.2 Å². The number of amides is 2. The molecule has 4 rings (SSSR count). The fourth-order valence-corrected chi connectivity index (χ4v) is 3.97. The Morgan fingerprint density at radius 1 is 1.03 bits per heavy atom. The molecule has 0 aliphatic carbocycles. The van der Waals surface area contributed by atoms with Crippen molar-refractivity contribution in [2.45, 2.75) is 6.54 Å². The molecule has 2 amide bonds. The number of halogens is 3. The van der Waals surface area contributed by atoms with E-state index >= 15 is 0 Å². The number of thiocarbonyl (C=S) groups is 1. The third-order valence-electron chi connectivity index (χ3n) is 4.55. The highest BCUT2D eigenvalue weighted by Gasteiger charge is 2.35. The summed E-state index contributed by atoms with van der Waals surface area (Å²) >= 11 is 20.6. The first kappa shape index (κ1) is 21.7. The van der Waals surface area contributed by atoms with E-state index in [-0.39, 0.29) is 10.7 Å². The van der Waals surface area contributed by atoms with Crippen molar-refractivity contribution in [1.29, 1.82) is 0 Å². The van der Waals surface area contributed by atoms with E-state index in [0.29, 0.717) is 32.4 Å². The molecular weight excluding hydrogens is 523 g/mol. The molecule has 3 aromatic rings. The van der Waals surface area contributed by atoms with Crippen LogP contribution in [0.1, 0.15) is 11.3 Å². The van der Waals surface area contributed by atoms with Crippen molar-refractivity contribution < 1.29 is 9.59 Å². The fourth-order valence-electron chi connectivity index (χ4n) is 3.02. The van der Waals surface area contributed by atoms with Crippen LogP contribution in [0.25, 0.3) is 6.08 Å². The van der Waals surface area contributed by atoms with Crippen molar-refractivity contribution in [2.75, 3.05) is 4.90 Å². The normalized spacial score (nSPS) is 15.5. The van der Waals surface area contributed by atoms with Crippen molar-refractivity contribution in [3.8, 4) is 0 Å². The number of anilines is 1. The first-order chi connectivity index (χ1) is 14.8. The zero-order valence-electron chi connectivity index (χ0n) is 15.7. The van der Waals surface area contributed by atoms with Crippen LogP contribution in [-0.4, -0.2) is 26.7 Å². The molecule has 0 saturated carbocycles. The third kappa shape index (κ3) is 4.57. The van der Waals surface area contributed by atoms with Gasteiger partial charge in [-0.05, 0) is 76.2 Å². The molecule has 1 fully saturated rings. The van der Waals surface area contributed by atoms with Crippen LogP contribution >= 0.6 is 51.3 Å². The van der Waals surface area contributed by atoms with Gasteiger partial charge in [-0.1, -0.05) is 35.3 Å². The number of carbonyl (C=O) groups excluding carboxylic acids is 2. The zero-order chi connectivity index (χ0) is 22.1. The van der Waals surface area contributed by atoms with Gasteiger partial charge in [0, 0.05) is 10.0 Å². The van der Waals surface area contributed by atoms with Gasteiger partial charge < -0.3 is 0 Å². The van der Waals surface area contributed by atoms with Crippen LogP contribution in [0.3, 0.4) is 0 Å². The van der Waals surface area contributed by atoms with Crippen LogP contribution in [0.15, 0.2) is 64.8 Å². The van der Waals surface area contributed by atoms with Crippen molar-refractivity contribution in [2.24, 2.45) is 0 Å². The SMILES string of the molecule is O=C1NC(=S)N(c2ccc(Cl)cc2)C(=O)/C1=C/c1c(Br)cnn1Cc1ccc(Cl)cc1. The Hall–Kier alpha value is -2.52. The second-order valence-corrected chi connectivity index (χ2v) is 8.71. The van der Waals surface area contributed by atoms with Crippen LogP contribution in [0.4, 0.5) is 5.69 Å². The minimum absolute atomic E-state index is 0.00297. The summed E-state index contributed by atoms with van der Waals surface area (Å²) < 4.78 is 2.32. The van der Waals surface area contributed by atoms with E-state index in [2.05, 4.69) is 26.3 Å². The Kier molecular flexibility index (Phi) is 6.24. The molecule has 0 radical (unpaired) electrons. The predicted molar refractivity (Wildman–Crippen MR) is 128 cm³/mol. The van der Waals surface area contributed by atoms with Gasteiger partial charge in [0.2, 0.25) is 0 Å². The Labute approximate surface area is 201 Å². The molecule has 2 aromatic carbocycles. The molecule has 10 heteroatoms. The molecule has 156 valence electrons. The summed E-state index contributed by atoms with van der Waals surface area (Å²) in [6.45, 7) is 0.428. The van der Waals surface area contributed by atoms with E-state index < -0.39 is 11.8 Å². The van der Waals surface area contributed by atoms with Gasteiger partial charge in [0.1, 0.15) is 5.57 Å². The fraction of sp³-hybridized carbons (Fsp3) is 0.0476. The molecule has 1 aliphatic heterocycles. The lowest BCUT2D eigenvalue weighted by Gasteiger charge is -2.29. The number of carbonyl (C=O) groups is 2. The number of hydrogen-bond acceptors (Lipinski definition) is 4. The molecule has 0 spiro atoms. The standard InChI is InChI=1S/C21H13BrCl2N4O2S/c22-17-10-25-27(11-12-1-3-13(23)4-2-12)18(17)9-16-19(29)26-21(31)28(20(16)30)15-7-5-14(24)6-8-15/h1-10H,11H2,(H,26,29,31)/b16-9+. The lowest BCUT2D eigenvalue weighted by molar-refractivity contribution is -0.122. The summed E-state index contributed by atoms with van der Waals surface area (Å²) in [5, 5.41) is 8.07. The monoisotopic (exact) mass is 534 g/mol. The molecule has 1 saturated heterocycles. The van der Waals surface area contributed by atoms with E-state index in [4.69, 9.17) is 35.4 Å². The zero-order valence-corrected chi connectivity index (χ0v) is 19.6. The maximum Gasteiger partial charge on any atom is 0.270 e. The molecule has 6 nitrogen and oxygen atoms in total. The van der Waals surface area contributed by atoms with Gasteiger partial charge in [-0.15, -0.1) is 0 Å². The summed E-state index contributed by atoms with van der Waals surface area (Å²) in [5.74, 6) is -1.12. The van der Waals surface area contributed by atoms with Crippen molar-refractivity contribution >= 4 is 80.0 Å². The van der Waals surface area contributed by atoms with E-state index in [9.17, 15) is 9.59 Å². The number of benzene rings is 2. The quantitative estimate of drug-likeness (QED) is 0.295. The van der Waals surface area contributed by atoms with Gasteiger partial charge in [-0.25, -0.2) is 0 Å². The average Bonchev–Trinajstić information content (AvgIpc) is 3.07. The van der Waals surface area contributed by atoms with Crippen LogP contribution in [0, 0.1) is 0 Å². The second kappa shape index (κ2) is 8.92.